The summed E-state index contributed by atoms with van der Waals surface area (Å²) in [6.07, 6.45) is 1.25. The van der Waals surface area contributed by atoms with E-state index in [1.54, 1.807) is 11.0 Å². The molecule has 0 saturated heterocycles. The molecule has 144 valence electrons. The number of rotatable bonds is 4. The van der Waals surface area contributed by atoms with Crippen molar-refractivity contribution in [1.82, 2.24) is 20.0 Å². The van der Waals surface area contributed by atoms with E-state index in [-0.39, 0.29) is 22.7 Å². The van der Waals surface area contributed by atoms with Crippen LogP contribution in [0.25, 0.3) is 0 Å². The molecule has 1 atom stereocenters. The lowest BCUT2D eigenvalue weighted by Gasteiger charge is -2.30. The Hall–Kier alpha value is -2.90. The molecule has 3 rings (SSSR count). The SMILES string of the molecule is CCC(NC(=O)N1CCc2c(cccc2[N+](=O)[O-])C1)c1c(C)nn(C)c1C. The van der Waals surface area contributed by atoms with E-state index >= 15 is 0 Å². The van der Waals surface area contributed by atoms with Gasteiger partial charge in [0, 0.05) is 43.0 Å². The zero-order valence-electron chi connectivity index (χ0n) is 16.2. The van der Waals surface area contributed by atoms with Crippen molar-refractivity contribution in [1.29, 1.82) is 0 Å². The van der Waals surface area contributed by atoms with Crippen LogP contribution in [0.2, 0.25) is 0 Å². The summed E-state index contributed by atoms with van der Waals surface area (Å²) in [6.45, 7) is 6.83. The lowest BCUT2D eigenvalue weighted by molar-refractivity contribution is -0.385. The van der Waals surface area contributed by atoms with Crippen LogP contribution in [-0.4, -0.2) is 32.2 Å². The first-order chi connectivity index (χ1) is 12.8. The van der Waals surface area contributed by atoms with Crippen molar-refractivity contribution in [2.75, 3.05) is 6.54 Å². The molecule has 1 N–H and O–H groups in total. The number of fused-ring (bicyclic) bond motifs is 1. The molecule has 1 aliphatic rings. The number of aryl methyl sites for hydroxylation is 2. The maximum atomic E-state index is 12.9. The van der Waals surface area contributed by atoms with Gasteiger partial charge in [0.1, 0.15) is 0 Å². The van der Waals surface area contributed by atoms with E-state index in [0.29, 0.717) is 19.5 Å². The third-order valence-corrected chi connectivity index (χ3v) is 5.34. The van der Waals surface area contributed by atoms with Crippen molar-refractivity contribution < 1.29 is 9.72 Å². The Labute approximate surface area is 158 Å². The smallest absolute Gasteiger partial charge is 0.318 e. The molecule has 1 aliphatic heterocycles. The van der Waals surface area contributed by atoms with Crippen LogP contribution >= 0.6 is 0 Å². The van der Waals surface area contributed by atoms with Gasteiger partial charge in [0.05, 0.1) is 16.7 Å². The Morgan fingerprint density at radius 2 is 2.15 bits per heavy atom. The fraction of sp³-hybridized carbons (Fsp3) is 0.474. The lowest BCUT2D eigenvalue weighted by Crippen LogP contribution is -2.44. The van der Waals surface area contributed by atoms with Crippen molar-refractivity contribution in [3.8, 4) is 0 Å². The predicted molar refractivity (Wildman–Crippen MR) is 101 cm³/mol. The second kappa shape index (κ2) is 7.38. The van der Waals surface area contributed by atoms with Crippen LogP contribution in [-0.2, 0) is 20.0 Å². The van der Waals surface area contributed by atoms with Crippen LogP contribution in [0.3, 0.4) is 0 Å². The van der Waals surface area contributed by atoms with E-state index in [1.807, 2.05) is 38.6 Å². The standard InChI is InChI=1S/C19H25N5O3/c1-5-16(18-12(2)21-22(4)13(18)3)20-19(25)23-10-9-15-14(11-23)7-6-8-17(15)24(26)27/h6-8,16H,5,9-11H2,1-4H3,(H,20,25). The minimum absolute atomic E-state index is 0.113. The van der Waals surface area contributed by atoms with Gasteiger partial charge in [-0.2, -0.15) is 5.10 Å². The van der Waals surface area contributed by atoms with E-state index in [2.05, 4.69) is 10.4 Å². The molecule has 8 heteroatoms. The zero-order chi connectivity index (χ0) is 19.7. The third kappa shape index (κ3) is 3.51. The normalized spacial score (nSPS) is 14.6. The average Bonchev–Trinajstić information content (AvgIpc) is 2.90. The topological polar surface area (TPSA) is 93.3 Å². The Bertz CT molecular complexity index is 890. The minimum Gasteiger partial charge on any atom is -0.331 e. The van der Waals surface area contributed by atoms with Crippen LogP contribution in [0, 0.1) is 24.0 Å². The molecule has 0 saturated carbocycles. The van der Waals surface area contributed by atoms with Crippen LogP contribution in [0.15, 0.2) is 18.2 Å². The second-order valence-electron chi connectivity index (χ2n) is 6.96. The number of hydrogen-bond donors (Lipinski definition) is 1. The highest BCUT2D eigenvalue weighted by Crippen LogP contribution is 2.29. The van der Waals surface area contributed by atoms with Gasteiger partial charge in [0.25, 0.3) is 5.69 Å². The van der Waals surface area contributed by atoms with Gasteiger partial charge in [0.15, 0.2) is 0 Å². The quantitative estimate of drug-likeness (QED) is 0.660. The molecule has 1 aromatic carbocycles. The Morgan fingerprint density at radius 1 is 1.41 bits per heavy atom. The molecule has 8 nitrogen and oxygen atoms in total. The van der Waals surface area contributed by atoms with Gasteiger partial charge in [-0.15, -0.1) is 0 Å². The van der Waals surface area contributed by atoms with Crippen LogP contribution in [0.5, 0.6) is 0 Å². The number of nitro groups is 1. The van der Waals surface area contributed by atoms with E-state index in [9.17, 15) is 14.9 Å². The highest BCUT2D eigenvalue weighted by molar-refractivity contribution is 5.75. The maximum Gasteiger partial charge on any atom is 0.318 e. The summed E-state index contributed by atoms with van der Waals surface area (Å²) in [5, 5.41) is 18.8. The minimum atomic E-state index is -0.352. The molecule has 2 aromatic rings. The predicted octanol–water partition coefficient (Wildman–Crippen LogP) is 3.16. The van der Waals surface area contributed by atoms with E-state index < -0.39 is 0 Å². The molecule has 27 heavy (non-hydrogen) atoms. The molecule has 0 radical (unpaired) electrons. The molecule has 2 amide bonds. The Kier molecular flexibility index (Phi) is 5.16. The first-order valence-corrected chi connectivity index (χ1v) is 9.14. The number of urea groups is 1. The highest BCUT2D eigenvalue weighted by atomic mass is 16.6. The number of aromatic nitrogens is 2. The molecular weight excluding hydrogens is 346 g/mol. The molecule has 0 spiro atoms. The van der Waals surface area contributed by atoms with Crippen molar-refractivity contribution in [2.24, 2.45) is 7.05 Å². The molecule has 0 fully saturated rings. The number of nitro benzene ring substituents is 1. The van der Waals surface area contributed by atoms with Crippen molar-refractivity contribution in [3.05, 3.63) is 56.4 Å². The first-order valence-electron chi connectivity index (χ1n) is 9.14. The molecule has 1 unspecified atom stereocenters. The molecular formula is C19H25N5O3. The summed E-state index contributed by atoms with van der Waals surface area (Å²) in [7, 11) is 1.90. The fourth-order valence-electron chi connectivity index (χ4n) is 3.85. The van der Waals surface area contributed by atoms with Crippen LogP contribution in [0.4, 0.5) is 10.5 Å². The van der Waals surface area contributed by atoms with Crippen molar-refractivity contribution in [2.45, 2.75) is 46.2 Å². The van der Waals surface area contributed by atoms with Crippen LogP contribution in [0.1, 0.15) is 47.5 Å². The van der Waals surface area contributed by atoms with Gasteiger partial charge < -0.3 is 10.2 Å². The first kappa shape index (κ1) is 18.9. The molecule has 2 heterocycles. The third-order valence-electron chi connectivity index (χ3n) is 5.34. The Morgan fingerprint density at radius 3 is 2.74 bits per heavy atom. The van der Waals surface area contributed by atoms with Crippen molar-refractivity contribution >= 4 is 11.7 Å². The molecule has 0 bridgehead atoms. The summed E-state index contributed by atoms with van der Waals surface area (Å²) in [5.74, 6) is 0. The number of nitrogens with one attached hydrogen (secondary N) is 1. The van der Waals surface area contributed by atoms with Crippen LogP contribution < -0.4 is 5.32 Å². The number of carbonyl (C=O) groups excluding carboxylic acids is 1. The van der Waals surface area contributed by atoms with E-state index in [4.69, 9.17) is 0 Å². The molecule has 1 aromatic heterocycles. The van der Waals surface area contributed by atoms with E-state index in [1.165, 1.54) is 6.07 Å². The summed E-state index contributed by atoms with van der Waals surface area (Å²) in [5.41, 5.74) is 4.73. The lowest BCUT2D eigenvalue weighted by atomic mass is 9.98. The number of amides is 2. The number of carbonyl (C=O) groups is 1. The van der Waals surface area contributed by atoms with Gasteiger partial charge in [-0.3, -0.25) is 14.8 Å². The average molecular weight is 371 g/mol. The van der Waals surface area contributed by atoms with Gasteiger partial charge in [-0.05, 0) is 32.3 Å². The van der Waals surface area contributed by atoms with Gasteiger partial charge in [-0.25, -0.2) is 4.79 Å². The summed E-state index contributed by atoms with van der Waals surface area (Å²) in [4.78, 5) is 25.4. The maximum absolute atomic E-state index is 12.9. The number of hydrogen-bond acceptors (Lipinski definition) is 4. The Balaban J connectivity index is 1.77. The summed E-state index contributed by atoms with van der Waals surface area (Å²) < 4.78 is 1.83. The number of nitrogens with zero attached hydrogens (tertiary/aromatic N) is 4. The van der Waals surface area contributed by atoms with E-state index in [0.717, 1.165) is 34.5 Å². The van der Waals surface area contributed by atoms with Gasteiger partial charge in [-0.1, -0.05) is 19.1 Å². The van der Waals surface area contributed by atoms with Gasteiger partial charge in [0.2, 0.25) is 0 Å². The summed E-state index contributed by atoms with van der Waals surface area (Å²) in [6, 6.07) is 4.79. The largest absolute Gasteiger partial charge is 0.331 e. The molecule has 0 aliphatic carbocycles. The second-order valence-corrected chi connectivity index (χ2v) is 6.96. The number of benzene rings is 1. The zero-order valence-corrected chi connectivity index (χ0v) is 16.2. The fourth-order valence-corrected chi connectivity index (χ4v) is 3.85. The highest BCUT2D eigenvalue weighted by Gasteiger charge is 2.28. The monoisotopic (exact) mass is 371 g/mol. The van der Waals surface area contributed by atoms with Gasteiger partial charge >= 0.3 is 6.03 Å². The van der Waals surface area contributed by atoms with Crippen molar-refractivity contribution in [3.63, 3.8) is 0 Å². The summed E-state index contributed by atoms with van der Waals surface area (Å²) >= 11 is 0.